The van der Waals surface area contributed by atoms with Gasteiger partial charge in [-0.15, -0.1) is 0 Å². The fourth-order valence-corrected chi connectivity index (χ4v) is 1.70. The molecule has 1 saturated carbocycles. The van der Waals surface area contributed by atoms with Crippen LogP contribution in [0, 0.1) is 6.92 Å². The number of carbonyl (C=O) groups is 1. The molecule has 0 N–H and O–H groups in total. The second-order valence-corrected chi connectivity index (χ2v) is 4.09. The van der Waals surface area contributed by atoms with Gasteiger partial charge in [0.05, 0.1) is 12.7 Å². The SMILES string of the molecule is CC.COC(=O)c1ccc(C2CC2)cc1C.FC(F)F. The first kappa shape index (κ1) is 18.5. The normalized spacial score (nSPS) is 12.8. The molecule has 0 saturated heterocycles. The number of halogens is 3. The number of aryl methyl sites for hydroxylation is 1. The van der Waals surface area contributed by atoms with Crippen molar-refractivity contribution in [2.24, 2.45) is 0 Å². The van der Waals surface area contributed by atoms with Gasteiger partial charge in [-0.3, -0.25) is 0 Å². The van der Waals surface area contributed by atoms with E-state index >= 15 is 0 Å². The highest BCUT2D eigenvalue weighted by Crippen LogP contribution is 2.40. The van der Waals surface area contributed by atoms with Crippen molar-refractivity contribution in [3.05, 3.63) is 34.9 Å². The highest BCUT2D eigenvalue weighted by molar-refractivity contribution is 5.91. The van der Waals surface area contributed by atoms with Crippen LogP contribution >= 0.6 is 0 Å². The van der Waals surface area contributed by atoms with Gasteiger partial charge in [0, 0.05) is 0 Å². The molecule has 20 heavy (non-hydrogen) atoms. The molecule has 0 spiro atoms. The molecule has 0 aliphatic heterocycles. The summed E-state index contributed by atoms with van der Waals surface area (Å²) in [6.45, 7) is 2.29. The summed E-state index contributed by atoms with van der Waals surface area (Å²) in [5.74, 6) is 0.491. The lowest BCUT2D eigenvalue weighted by Crippen LogP contribution is -2.03. The quantitative estimate of drug-likeness (QED) is 0.727. The second-order valence-electron chi connectivity index (χ2n) is 4.09. The van der Waals surface area contributed by atoms with Crippen LogP contribution in [0.25, 0.3) is 0 Å². The first-order valence-electron chi connectivity index (χ1n) is 6.56. The van der Waals surface area contributed by atoms with Gasteiger partial charge < -0.3 is 4.74 Å². The Morgan fingerprint density at radius 1 is 1.25 bits per heavy atom. The number of hydrogen-bond acceptors (Lipinski definition) is 2. The minimum absolute atomic E-state index is 0.246. The van der Waals surface area contributed by atoms with Gasteiger partial charge in [-0.1, -0.05) is 26.0 Å². The number of ether oxygens (including phenoxy) is 1. The molecule has 1 fully saturated rings. The van der Waals surface area contributed by atoms with Crippen LogP contribution in [0.2, 0.25) is 0 Å². The fraction of sp³-hybridized carbons (Fsp3) is 0.533. The van der Waals surface area contributed by atoms with Gasteiger partial charge in [0.1, 0.15) is 0 Å². The second kappa shape index (κ2) is 9.39. The molecule has 1 aromatic carbocycles. The topological polar surface area (TPSA) is 26.3 Å². The summed E-state index contributed by atoms with van der Waals surface area (Å²) in [6, 6.07) is 6.01. The zero-order valence-electron chi connectivity index (χ0n) is 12.3. The van der Waals surface area contributed by atoms with Crippen molar-refractivity contribution in [2.45, 2.75) is 46.2 Å². The molecule has 2 rings (SSSR count). The minimum atomic E-state index is -3.67. The third-order valence-electron chi connectivity index (χ3n) is 2.70. The van der Waals surface area contributed by atoms with E-state index in [0.717, 1.165) is 11.5 Å². The van der Waals surface area contributed by atoms with Crippen LogP contribution < -0.4 is 0 Å². The Hall–Kier alpha value is -1.52. The van der Waals surface area contributed by atoms with Gasteiger partial charge in [-0.2, -0.15) is 13.2 Å². The Morgan fingerprint density at radius 2 is 1.75 bits per heavy atom. The number of alkyl halides is 3. The molecule has 114 valence electrons. The molecule has 1 aliphatic carbocycles. The molecule has 0 bridgehead atoms. The first-order valence-corrected chi connectivity index (χ1v) is 6.56. The largest absolute Gasteiger partial charge is 0.465 e. The molecule has 2 nitrogen and oxygen atoms in total. The van der Waals surface area contributed by atoms with Crippen molar-refractivity contribution in [3.63, 3.8) is 0 Å². The van der Waals surface area contributed by atoms with Crippen LogP contribution in [0.4, 0.5) is 13.2 Å². The summed E-state index contributed by atoms with van der Waals surface area (Å²) in [4.78, 5) is 11.3. The summed E-state index contributed by atoms with van der Waals surface area (Å²) in [7, 11) is 1.41. The lowest BCUT2D eigenvalue weighted by Gasteiger charge is -2.05. The highest BCUT2D eigenvalue weighted by Gasteiger charge is 2.24. The van der Waals surface area contributed by atoms with Gasteiger partial charge in [-0.25, -0.2) is 4.79 Å². The number of esters is 1. The maximum absolute atomic E-state index is 11.3. The lowest BCUT2D eigenvalue weighted by molar-refractivity contribution is 0.00818. The summed E-state index contributed by atoms with van der Waals surface area (Å²) in [6.07, 6.45) is 2.58. The van der Waals surface area contributed by atoms with Crippen molar-refractivity contribution < 1.29 is 22.7 Å². The molecular formula is C15H21F3O2. The smallest absolute Gasteiger partial charge is 0.379 e. The van der Waals surface area contributed by atoms with Crippen LogP contribution in [-0.2, 0) is 4.74 Å². The highest BCUT2D eigenvalue weighted by atomic mass is 19.4. The summed E-state index contributed by atoms with van der Waals surface area (Å²) in [5.41, 5.74) is 3.05. The van der Waals surface area contributed by atoms with Crippen LogP contribution in [0.15, 0.2) is 18.2 Å². The van der Waals surface area contributed by atoms with Gasteiger partial charge >= 0.3 is 12.6 Å². The van der Waals surface area contributed by atoms with E-state index in [1.165, 1.54) is 25.5 Å². The monoisotopic (exact) mass is 290 g/mol. The number of carbonyl (C=O) groups excluding carboxylic acids is 1. The Labute approximate surface area is 117 Å². The first-order chi connectivity index (χ1) is 9.45. The molecular weight excluding hydrogens is 269 g/mol. The van der Waals surface area contributed by atoms with E-state index < -0.39 is 6.68 Å². The molecule has 0 unspecified atom stereocenters. The zero-order chi connectivity index (χ0) is 15.7. The lowest BCUT2D eigenvalue weighted by atomic mass is 10.0. The number of rotatable bonds is 2. The zero-order valence-corrected chi connectivity index (χ0v) is 12.3. The maximum Gasteiger partial charge on any atom is 0.379 e. The van der Waals surface area contributed by atoms with Crippen molar-refractivity contribution >= 4 is 5.97 Å². The van der Waals surface area contributed by atoms with Crippen LogP contribution in [0.1, 0.15) is 54.1 Å². The van der Waals surface area contributed by atoms with Crippen LogP contribution in [0.3, 0.4) is 0 Å². The molecule has 0 radical (unpaired) electrons. The number of benzene rings is 1. The van der Waals surface area contributed by atoms with Crippen molar-refractivity contribution in [3.8, 4) is 0 Å². The Balaban J connectivity index is 0.000000521. The fourth-order valence-electron chi connectivity index (χ4n) is 1.70. The molecule has 1 aliphatic rings. The van der Waals surface area contributed by atoms with E-state index in [2.05, 4.69) is 6.07 Å². The van der Waals surface area contributed by atoms with Crippen molar-refractivity contribution in [1.29, 1.82) is 0 Å². The molecule has 0 amide bonds. The third kappa shape index (κ3) is 6.59. The van der Waals surface area contributed by atoms with Gasteiger partial charge in [0.25, 0.3) is 0 Å². The molecule has 5 heteroatoms. The van der Waals surface area contributed by atoms with Crippen molar-refractivity contribution in [2.75, 3.05) is 7.11 Å². The maximum atomic E-state index is 11.3. The standard InChI is InChI=1S/C12H14O2.C2H6.CHF3/c1-8-7-10(9-3-4-9)5-6-11(8)12(13)14-2;1-2;2-1(3)4/h5-7,9H,3-4H2,1-2H3;1-2H3;1H. The van der Waals surface area contributed by atoms with Gasteiger partial charge in [0.2, 0.25) is 0 Å². The molecule has 0 atom stereocenters. The number of hydrogen-bond donors (Lipinski definition) is 0. The molecule has 1 aromatic rings. The Bertz CT molecular complexity index is 413. The average Bonchev–Trinajstić information content (AvgIpc) is 3.24. The van der Waals surface area contributed by atoms with Crippen LogP contribution in [0.5, 0.6) is 0 Å². The van der Waals surface area contributed by atoms with E-state index in [4.69, 9.17) is 4.74 Å². The van der Waals surface area contributed by atoms with E-state index in [9.17, 15) is 18.0 Å². The van der Waals surface area contributed by atoms with Gasteiger partial charge in [0.15, 0.2) is 0 Å². The van der Waals surface area contributed by atoms with E-state index in [-0.39, 0.29) is 5.97 Å². The van der Waals surface area contributed by atoms with Crippen molar-refractivity contribution in [1.82, 2.24) is 0 Å². The van der Waals surface area contributed by atoms with Crippen LogP contribution in [-0.4, -0.2) is 19.8 Å². The summed E-state index contributed by atoms with van der Waals surface area (Å²) in [5, 5.41) is 0. The third-order valence-corrected chi connectivity index (χ3v) is 2.70. The van der Waals surface area contributed by atoms with E-state index in [0.29, 0.717) is 5.56 Å². The summed E-state index contributed by atoms with van der Waals surface area (Å²) < 4.78 is 33.7. The summed E-state index contributed by atoms with van der Waals surface area (Å²) >= 11 is 0. The Kier molecular flexibility index (Phi) is 8.68. The predicted octanol–water partition coefficient (Wildman–Crippen LogP) is 4.86. The van der Waals surface area contributed by atoms with E-state index in [1.807, 2.05) is 32.9 Å². The van der Waals surface area contributed by atoms with E-state index in [1.54, 1.807) is 0 Å². The molecule has 0 heterocycles. The van der Waals surface area contributed by atoms with Gasteiger partial charge in [-0.05, 0) is 42.9 Å². The Morgan fingerprint density at radius 3 is 2.10 bits per heavy atom. The average molecular weight is 290 g/mol. The predicted molar refractivity (Wildman–Crippen MR) is 73.0 cm³/mol. The number of methoxy groups -OCH3 is 1. The molecule has 0 aromatic heterocycles. The minimum Gasteiger partial charge on any atom is -0.465 e.